The minimum absolute atomic E-state index is 0.0627. The highest BCUT2D eigenvalue weighted by molar-refractivity contribution is 5.94. The predicted molar refractivity (Wildman–Crippen MR) is 142 cm³/mol. The fourth-order valence-electron chi connectivity index (χ4n) is 3.79. The van der Waals surface area contributed by atoms with Crippen molar-refractivity contribution in [1.82, 2.24) is 16.0 Å². The maximum atomic E-state index is 13.1. The number of carboxylic acid groups (broad SMARTS) is 1. The lowest BCUT2D eigenvalue weighted by molar-refractivity contribution is -0.142. The Balaban J connectivity index is 2.10. The van der Waals surface area contributed by atoms with Crippen molar-refractivity contribution in [1.29, 1.82) is 0 Å². The molecule has 4 atom stereocenters. The third kappa shape index (κ3) is 10.3. The second kappa shape index (κ2) is 16.1. The molecule has 0 fully saturated rings. The van der Waals surface area contributed by atoms with Gasteiger partial charge >= 0.3 is 5.97 Å². The number of aliphatic hydroxyl groups is 1. The third-order valence-corrected chi connectivity index (χ3v) is 5.93. The van der Waals surface area contributed by atoms with Crippen LogP contribution in [0.25, 0.3) is 0 Å². The van der Waals surface area contributed by atoms with E-state index in [0.29, 0.717) is 19.4 Å². The summed E-state index contributed by atoms with van der Waals surface area (Å²) in [6, 6.07) is 13.3. The average molecular weight is 528 g/mol. The molecule has 0 radical (unpaired) electrons. The Bertz CT molecular complexity index is 1040. The van der Waals surface area contributed by atoms with Gasteiger partial charge in [0.15, 0.2) is 0 Å². The summed E-state index contributed by atoms with van der Waals surface area (Å²) in [4.78, 5) is 50.4. The Morgan fingerprint density at radius 3 is 1.74 bits per heavy atom. The summed E-state index contributed by atoms with van der Waals surface area (Å²) in [7, 11) is 0. The lowest BCUT2D eigenvalue weighted by Crippen LogP contribution is -2.58. The summed E-state index contributed by atoms with van der Waals surface area (Å²) in [6.45, 7) is -0.331. The molecule has 2 rings (SSSR count). The van der Waals surface area contributed by atoms with Crippen LogP contribution >= 0.6 is 0 Å². The lowest BCUT2D eigenvalue weighted by Gasteiger charge is -2.24. The van der Waals surface area contributed by atoms with Gasteiger partial charge in [-0.05, 0) is 43.4 Å². The Morgan fingerprint density at radius 2 is 1.21 bits per heavy atom. The van der Waals surface area contributed by atoms with Crippen molar-refractivity contribution in [3.05, 3.63) is 71.8 Å². The van der Waals surface area contributed by atoms with E-state index in [1.54, 1.807) is 30.3 Å². The van der Waals surface area contributed by atoms with Crippen LogP contribution in [0.4, 0.5) is 0 Å². The van der Waals surface area contributed by atoms with E-state index in [4.69, 9.17) is 11.5 Å². The maximum Gasteiger partial charge on any atom is 0.326 e. The molecular weight excluding hydrogens is 490 g/mol. The Morgan fingerprint density at radius 1 is 0.711 bits per heavy atom. The molecule has 9 N–H and O–H groups in total. The molecule has 0 aliphatic heterocycles. The monoisotopic (exact) mass is 527 g/mol. The summed E-state index contributed by atoms with van der Waals surface area (Å²) in [5.74, 6) is -3.35. The molecule has 4 unspecified atom stereocenters. The molecular formula is C27H37N5O6. The SMILES string of the molecule is NCCCCC(NC(=O)C(Cc1ccccc1)NC(=O)C(CO)NC(=O)C(N)Cc1ccccc1)C(=O)O. The van der Waals surface area contributed by atoms with Crippen molar-refractivity contribution in [2.75, 3.05) is 13.2 Å². The van der Waals surface area contributed by atoms with Crippen molar-refractivity contribution in [3.63, 3.8) is 0 Å². The number of carboxylic acids is 1. The number of unbranched alkanes of at least 4 members (excludes halogenated alkanes) is 1. The number of nitrogens with one attached hydrogen (secondary N) is 3. The zero-order valence-electron chi connectivity index (χ0n) is 21.2. The van der Waals surface area contributed by atoms with Gasteiger partial charge in [-0.3, -0.25) is 14.4 Å². The highest BCUT2D eigenvalue weighted by Gasteiger charge is 2.30. The fraction of sp³-hybridized carbons (Fsp3) is 0.407. The van der Waals surface area contributed by atoms with E-state index in [1.807, 2.05) is 30.3 Å². The van der Waals surface area contributed by atoms with Gasteiger partial charge in [0.25, 0.3) is 0 Å². The van der Waals surface area contributed by atoms with Crippen LogP contribution in [-0.2, 0) is 32.0 Å². The number of nitrogens with two attached hydrogens (primary N) is 2. The Kier molecular flexibility index (Phi) is 12.9. The van der Waals surface area contributed by atoms with Crippen molar-refractivity contribution >= 4 is 23.7 Å². The van der Waals surface area contributed by atoms with E-state index in [9.17, 15) is 29.4 Å². The lowest BCUT2D eigenvalue weighted by atomic mass is 10.0. The summed E-state index contributed by atoms with van der Waals surface area (Å²) >= 11 is 0. The molecule has 2 aromatic rings. The maximum absolute atomic E-state index is 13.1. The van der Waals surface area contributed by atoms with Crippen LogP contribution in [0, 0.1) is 0 Å². The molecule has 0 aliphatic carbocycles. The number of benzene rings is 2. The van der Waals surface area contributed by atoms with Crippen LogP contribution < -0.4 is 27.4 Å². The van der Waals surface area contributed by atoms with Gasteiger partial charge in [-0.15, -0.1) is 0 Å². The van der Waals surface area contributed by atoms with Crippen molar-refractivity contribution in [2.45, 2.75) is 56.3 Å². The van der Waals surface area contributed by atoms with E-state index >= 15 is 0 Å². The van der Waals surface area contributed by atoms with Crippen molar-refractivity contribution in [3.8, 4) is 0 Å². The van der Waals surface area contributed by atoms with E-state index in [2.05, 4.69) is 16.0 Å². The number of hydrogen-bond acceptors (Lipinski definition) is 7. The first kappa shape index (κ1) is 30.4. The van der Waals surface area contributed by atoms with Crippen molar-refractivity contribution in [2.24, 2.45) is 11.5 Å². The predicted octanol–water partition coefficient (Wildman–Crippen LogP) is -0.541. The quantitative estimate of drug-likeness (QED) is 0.141. The topological polar surface area (TPSA) is 197 Å². The zero-order chi connectivity index (χ0) is 27.9. The molecule has 0 saturated carbocycles. The minimum atomic E-state index is -1.37. The molecule has 11 heteroatoms. The molecule has 206 valence electrons. The van der Waals surface area contributed by atoms with Gasteiger partial charge in [0.2, 0.25) is 17.7 Å². The number of hydrogen-bond donors (Lipinski definition) is 7. The van der Waals surface area contributed by atoms with Gasteiger partial charge in [-0.25, -0.2) is 4.79 Å². The highest BCUT2D eigenvalue weighted by atomic mass is 16.4. The fourth-order valence-corrected chi connectivity index (χ4v) is 3.79. The smallest absolute Gasteiger partial charge is 0.326 e. The van der Waals surface area contributed by atoms with E-state index in [-0.39, 0.29) is 19.3 Å². The molecule has 0 spiro atoms. The molecule has 0 aromatic heterocycles. The van der Waals surface area contributed by atoms with Gasteiger partial charge in [0, 0.05) is 6.42 Å². The minimum Gasteiger partial charge on any atom is -0.480 e. The van der Waals surface area contributed by atoms with Crippen molar-refractivity contribution < 1.29 is 29.4 Å². The number of amides is 3. The molecule has 38 heavy (non-hydrogen) atoms. The van der Waals surface area contributed by atoms with E-state index < -0.39 is 54.5 Å². The van der Waals surface area contributed by atoms with Gasteiger partial charge in [0.1, 0.15) is 18.1 Å². The molecule has 0 heterocycles. The van der Waals surface area contributed by atoms with Crippen LogP contribution in [0.5, 0.6) is 0 Å². The van der Waals surface area contributed by atoms with Crippen LogP contribution in [0.15, 0.2) is 60.7 Å². The number of rotatable bonds is 16. The summed E-state index contributed by atoms with van der Waals surface area (Å²) in [5, 5.41) is 26.8. The summed E-state index contributed by atoms with van der Waals surface area (Å²) < 4.78 is 0. The first-order chi connectivity index (χ1) is 18.2. The van der Waals surface area contributed by atoms with Crippen LogP contribution in [0.2, 0.25) is 0 Å². The largest absolute Gasteiger partial charge is 0.480 e. The summed E-state index contributed by atoms with van der Waals surface area (Å²) in [5.41, 5.74) is 13.0. The second-order valence-corrected chi connectivity index (χ2v) is 8.97. The highest BCUT2D eigenvalue weighted by Crippen LogP contribution is 2.07. The first-order valence-corrected chi connectivity index (χ1v) is 12.5. The molecule has 0 saturated heterocycles. The average Bonchev–Trinajstić information content (AvgIpc) is 2.91. The normalized spacial score (nSPS) is 14.0. The molecule has 3 amide bonds. The zero-order valence-corrected chi connectivity index (χ0v) is 21.2. The first-order valence-electron chi connectivity index (χ1n) is 12.5. The van der Waals surface area contributed by atoms with E-state index in [0.717, 1.165) is 11.1 Å². The van der Waals surface area contributed by atoms with E-state index in [1.165, 1.54) is 0 Å². The molecule has 11 nitrogen and oxygen atoms in total. The van der Waals surface area contributed by atoms with Gasteiger partial charge in [-0.2, -0.15) is 0 Å². The molecule has 0 bridgehead atoms. The number of carbonyl (C=O) groups excluding carboxylic acids is 3. The van der Waals surface area contributed by atoms with Crippen LogP contribution in [0.1, 0.15) is 30.4 Å². The second-order valence-electron chi connectivity index (χ2n) is 8.97. The Hall–Kier alpha value is -3.80. The Labute approximate surface area is 222 Å². The van der Waals surface area contributed by atoms with Gasteiger partial charge < -0.3 is 37.6 Å². The summed E-state index contributed by atoms with van der Waals surface area (Å²) in [6.07, 6.45) is 1.58. The molecule has 2 aromatic carbocycles. The third-order valence-electron chi connectivity index (χ3n) is 5.93. The number of aliphatic carboxylic acids is 1. The van der Waals surface area contributed by atoms with Gasteiger partial charge in [-0.1, -0.05) is 60.7 Å². The molecule has 0 aliphatic rings. The van der Waals surface area contributed by atoms with Crippen LogP contribution in [-0.4, -0.2) is 71.2 Å². The van der Waals surface area contributed by atoms with Crippen LogP contribution in [0.3, 0.4) is 0 Å². The van der Waals surface area contributed by atoms with Gasteiger partial charge in [0.05, 0.1) is 12.6 Å². The number of aliphatic hydroxyl groups excluding tert-OH is 1. The number of carbonyl (C=O) groups is 4. The standard InChI is InChI=1S/C27H37N5O6/c28-14-8-7-13-21(27(37)38)30-25(35)22(16-19-11-5-2-6-12-19)31-26(36)23(17-33)32-24(34)20(29)15-18-9-3-1-4-10-18/h1-6,9-12,20-23,33H,7-8,13-17,28-29H2,(H,30,35)(H,31,36)(H,32,34)(H,37,38).